The second-order valence-electron chi connectivity index (χ2n) is 14.7. The first-order valence-corrected chi connectivity index (χ1v) is 20.3. The second kappa shape index (κ2) is 15.9. The minimum atomic E-state index is -3.98. The van der Waals surface area contributed by atoms with Gasteiger partial charge in [0.15, 0.2) is 11.6 Å². The quantitative estimate of drug-likeness (QED) is 0.406. The molecule has 4 aliphatic rings. The molecule has 4 heterocycles. The minimum absolute atomic E-state index is 0.0532. The van der Waals surface area contributed by atoms with Crippen LogP contribution in [-0.4, -0.2) is 99.4 Å². The van der Waals surface area contributed by atoms with Gasteiger partial charge < -0.3 is 19.3 Å². The number of ether oxygens (including phenoxy) is 2. The highest BCUT2D eigenvalue weighted by Gasteiger charge is 2.48. The first kappa shape index (κ1) is 37.1. The molecule has 6 rings (SSSR count). The van der Waals surface area contributed by atoms with Crippen molar-refractivity contribution in [3.63, 3.8) is 0 Å². The summed E-state index contributed by atoms with van der Waals surface area (Å²) in [6.07, 6.45) is 9.76. The van der Waals surface area contributed by atoms with Crippen LogP contribution in [0.15, 0.2) is 42.5 Å². The summed E-state index contributed by atoms with van der Waals surface area (Å²) < 4.78 is 42.4. The van der Waals surface area contributed by atoms with Gasteiger partial charge in [-0.25, -0.2) is 18.1 Å². The molecule has 50 heavy (non-hydrogen) atoms. The zero-order chi connectivity index (χ0) is 35.5. The van der Waals surface area contributed by atoms with Crippen LogP contribution in [0.5, 0.6) is 5.75 Å². The maximum absolute atomic E-state index is 13.5. The number of sulfonamides is 1. The first-order valence-electron chi connectivity index (χ1n) is 18.4. The van der Waals surface area contributed by atoms with Gasteiger partial charge in [-0.15, -0.1) is 0 Å². The molecule has 10 nitrogen and oxygen atoms in total. The summed E-state index contributed by atoms with van der Waals surface area (Å²) in [4.78, 5) is 25.7. The van der Waals surface area contributed by atoms with E-state index in [9.17, 15) is 13.2 Å². The molecule has 2 bridgehead atoms. The smallest absolute Gasteiger partial charge is 0.283 e. The van der Waals surface area contributed by atoms with E-state index >= 15 is 0 Å². The lowest BCUT2D eigenvalue weighted by atomic mass is 9.63. The number of methoxy groups -OCH3 is 1. The molecule has 2 fully saturated rings. The van der Waals surface area contributed by atoms with E-state index in [1.165, 1.54) is 5.56 Å². The van der Waals surface area contributed by atoms with Gasteiger partial charge in [0.2, 0.25) is 10.0 Å². The molecule has 1 aliphatic carbocycles. The fraction of sp³-hybridized carbons (Fsp3) is 0.632. The maximum atomic E-state index is 13.5. The predicted molar refractivity (Wildman–Crippen MR) is 198 cm³/mol. The number of allylic oxidation sites excluding steroid dienone is 1. The monoisotopic (exact) mass is 727 g/mol. The molecule has 5 atom stereocenters. The van der Waals surface area contributed by atoms with E-state index in [0.717, 1.165) is 90.0 Å². The van der Waals surface area contributed by atoms with E-state index in [0.29, 0.717) is 35.5 Å². The lowest BCUT2D eigenvalue weighted by Gasteiger charge is -2.51. The van der Waals surface area contributed by atoms with Crippen molar-refractivity contribution in [2.75, 3.05) is 64.4 Å². The largest absolute Gasteiger partial charge is 0.485 e. The molecule has 1 saturated carbocycles. The van der Waals surface area contributed by atoms with Crippen LogP contribution in [0.4, 0.5) is 5.82 Å². The number of aromatic nitrogens is 1. The number of hydrogen-bond donors (Lipinski definition) is 1. The van der Waals surface area contributed by atoms with E-state index < -0.39 is 26.8 Å². The van der Waals surface area contributed by atoms with Crippen LogP contribution >= 0.6 is 11.6 Å². The topological polar surface area (TPSA) is 104 Å². The molecule has 0 radical (unpaired) electrons. The number of carbonyl (C=O) groups is 1. The Kier molecular flexibility index (Phi) is 11.8. The Morgan fingerprint density at radius 3 is 2.54 bits per heavy atom. The molecular formula is C38H54ClN5O5S. The van der Waals surface area contributed by atoms with E-state index in [1.54, 1.807) is 19.1 Å². The number of pyridine rings is 1. The highest BCUT2D eigenvalue weighted by molar-refractivity contribution is 7.90. The first-order chi connectivity index (χ1) is 24.0. The van der Waals surface area contributed by atoms with Crippen molar-refractivity contribution in [1.82, 2.24) is 19.5 Å². The Balaban J connectivity index is 1.38. The van der Waals surface area contributed by atoms with Crippen LogP contribution in [0.1, 0.15) is 74.5 Å². The number of nitrogens with one attached hydrogen (secondary N) is 1. The van der Waals surface area contributed by atoms with Gasteiger partial charge in [-0.2, -0.15) is 0 Å². The molecule has 3 aliphatic heterocycles. The van der Waals surface area contributed by atoms with Crippen LogP contribution in [0.25, 0.3) is 0 Å². The molecule has 274 valence electrons. The van der Waals surface area contributed by atoms with Gasteiger partial charge in [0.1, 0.15) is 17.9 Å². The van der Waals surface area contributed by atoms with Gasteiger partial charge in [-0.1, -0.05) is 43.7 Å². The summed E-state index contributed by atoms with van der Waals surface area (Å²) in [6.45, 7) is 13.5. The molecule has 0 unspecified atom stereocenters. The van der Waals surface area contributed by atoms with Crippen LogP contribution in [0.3, 0.4) is 0 Å². The van der Waals surface area contributed by atoms with Crippen LogP contribution < -0.4 is 14.4 Å². The third-order valence-corrected chi connectivity index (χ3v) is 13.9. The standard InChI is InChI=1S/C38H54ClN5O5S/c1-5-42-19-21-43(22-20-42)26-38(48-4)17-8-9-27(2)28(3)50(46,47)41-37(45)34-15-16-35-36(40-34)44(24-30-12-14-33(30)38)18-7-6-10-29-23-32(39)13-11-31(29)25-49-35/h8,11,13,15-17,23,27-28,30,33H,5-7,9-10,12,14,18-22,24-26H2,1-4H3,(H,41,45)/b17-8+/t27-,28+,30-,33+,38+/m0/s1. The van der Waals surface area contributed by atoms with Crippen LogP contribution in [-0.2, 0) is 27.8 Å². The SMILES string of the molecule is CCN1CCN(C[C@]2(OC)/C=C/C[C@H](C)[C@@H](C)S(=O)(=O)NC(=O)c3ccc4c(n3)N(CCCCc3cc(Cl)ccc3CO4)C[C@@H]3CC[C@H]32)CC1. The number of halogens is 1. The second-order valence-corrected chi connectivity index (χ2v) is 17.2. The number of benzene rings is 1. The zero-order valence-corrected chi connectivity index (χ0v) is 31.6. The van der Waals surface area contributed by atoms with Gasteiger partial charge in [-0.05, 0) is 105 Å². The van der Waals surface area contributed by atoms with E-state index in [1.807, 2.05) is 32.2 Å². The number of piperazine rings is 1. The van der Waals surface area contributed by atoms with Gasteiger partial charge >= 0.3 is 0 Å². The maximum Gasteiger partial charge on any atom is 0.283 e. The number of hydrogen-bond acceptors (Lipinski definition) is 9. The lowest BCUT2D eigenvalue weighted by molar-refractivity contribution is -0.0953. The number of fused-ring (bicyclic) bond motifs is 3. The summed E-state index contributed by atoms with van der Waals surface area (Å²) in [6, 6.07) is 9.24. The Bertz CT molecular complexity index is 1650. The van der Waals surface area contributed by atoms with Crippen LogP contribution in [0.2, 0.25) is 5.02 Å². The lowest BCUT2D eigenvalue weighted by Crippen LogP contribution is -2.58. The Hall–Kier alpha value is -2.70. The Morgan fingerprint density at radius 2 is 1.82 bits per heavy atom. The fourth-order valence-electron chi connectivity index (χ4n) is 8.09. The average molecular weight is 728 g/mol. The predicted octanol–water partition coefficient (Wildman–Crippen LogP) is 5.55. The summed E-state index contributed by atoms with van der Waals surface area (Å²) >= 11 is 6.38. The van der Waals surface area contributed by atoms with Gasteiger partial charge in [0.25, 0.3) is 5.91 Å². The zero-order valence-electron chi connectivity index (χ0n) is 30.1. The van der Waals surface area contributed by atoms with Crippen molar-refractivity contribution in [2.24, 2.45) is 17.8 Å². The van der Waals surface area contributed by atoms with Crippen molar-refractivity contribution < 1.29 is 22.7 Å². The molecule has 1 aromatic heterocycles. The molecule has 1 aromatic carbocycles. The summed E-state index contributed by atoms with van der Waals surface area (Å²) in [5.74, 6) is 0.768. The molecule has 1 amide bonds. The number of rotatable bonds is 4. The molecule has 12 heteroatoms. The number of carbonyl (C=O) groups excluding carboxylic acids is 1. The summed E-state index contributed by atoms with van der Waals surface area (Å²) in [7, 11) is -2.15. The van der Waals surface area contributed by atoms with Crippen molar-refractivity contribution in [2.45, 2.75) is 76.8 Å². The van der Waals surface area contributed by atoms with Crippen molar-refractivity contribution >= 4 is 33.3 Å². The van der Waals surface area contributed by atoms with E-state index in [4.69, 9.17) is 26.1 Å². The van der Waals surface area contributed by atoms with Crippen molar-refractivity contribution in [3.8, 4) is 5.75 Å². The fourth-order valence-corrected chi connectivity index (χ4v) is 9.55. The number of aryl methyl sites for hydroxylation is 1. The van der Waals surface area contributed by atoms with E-state index in [2.05, 4.69) is 38.5 Å². The molecular weight excluding hydrogens is 674 g/mol. The third-order valence-electron chi connectivity index (χ3n) is 11.7. The van der Waals surface area contributed by atoms with Crippen LogP contribution in [0, 0.1) is 17.8 Å². The van der Waals surface area contributed by atoms with Gasteiger partial charge in [-0.3, -0.25) is 9.69 Å². The average Bonchev–Trinajstić information content (AvgIpc) is 3.12. The number of nitrogens with zero attached hydrogens (tertiary/aromatic N) is 4. The van der Waals surface area contributed by atoms with Crippen molar-refractivity contribution in [1.29, 1.82) is 0 Å². The normalized spacial score (nSPS) is 30.4. The highest BCUT2D eigenvalue weighted by atomic mass is 35.5. The van der Waals surface area contributed by atoms with Crippen molar-refractivity contribution in [3.05, 3.63) is 64.3 Å². The molecule has 2 aromatic rings. The number of likely N-dealkylation sites (N-methyl/N-ethyl adjacent to an activating group) is 1. The van der Waals surface area contributed by atoms with Gasteiger partial charge in [0, 0.05) is 57.9 Å². The number of anilines is 1. The third kappa shape index (κ3) is 8.17. The molecule has 1 N–H and O–H groups in total. The highest BCUT2D eigenvalue weighted by Crippen LogP contribution is 2.46. The Morgan fingerprint density at radius 1 is 1.04 bits per heavy atom. The summed E-state index contributed by atoms with van der Waals surface area (Å²) in [5.41, 5.74) is 1.77. The van der Waals surface area contributed by atoms with E-state index in [-0.39, 0.29) is 17.5 Å². The molecule has 0 spiro atoms. The Labute approximate surface area is 303 Å². The summed E-state index contributed by atoms with van der Waals surface area (Å²) in [5, 5.41) is -0.0900. The van der Waals surface area contributed by atoms with Gasteiger partial charge in [0.05, 0.1) is 5.25 Å². The minimum Gasteiger partial charge on any atom is -0.485 e. The molecule has 1 saturated heterocycles. The number of amides is 1.